The van der Waals surface area contributed by atoms with Crippen molar-refractivity contribution in [2.45, 2.75) is 26.7 Å². The van der Waals surface area contributed by atoms with Crippen LogP contribution < -0.4 is 5.73 Å². The van der Waals surface area contributed by atoms with E-state index in [9.17, 15) is 10.1 Å². The van der Waals surface area contributed by atoms with Crippen LogP contribution in [0.4, 0.5) is 11.5 Å². The van der Waals surface area contributed by atoms with E-state index in [-0.39, 0.29) is 10.6 Å². The summed E-state index contributed by atoms with van der Waals surface area (Å²) in [5.41, 5.74) is 9.18. The maximum absolute atomic E-state index is 11.0. The summed E-state index contributed by atoms with van der Waals surface area (Å²) in [5.74, 6) is 0.616. The van der Waals surface area contributed by atoms with E-state index in [4.69, 9.17) is 5.73 Å². The van der Waals surface area contributed by atoms with Gasteiger partial charge in [0.1, 0.15) is 5.82 Å². The average molecular weight is 274 g/mol. The van der Waals surface area contributed by atoms with Crippen molar-refractivity contribution >= 4 is 11.5 Å². The number of nitrogens with zero attached hydrogens (tertiary/aromatic N) is 3. The summed E-state index contributed by atoms with van der Waals surface area (Å²) in [7, 11) is 1.78. The molecule has 1 heterocycles. The molecule has 0 unspecified atom stereocenters. The lowest BCUT2D eigenvalue weighted by Gasteiger charge is -2.04. The fraction of sp³-hybridized carbons (Fsp3) is 0.357. The monoisotopic (exact) mass is 274 g/mol. The molecule has 1 aromatic carbocycles. The third-order valence-corrected chi connectivity index (χ3v) is 3.37. The van der Waals surface area contributed by atoms with Crippen molar-refractivity contribution < 1.29 is 4.92 Å². The summed E-state index contributed by atoms with van der Waals surface area (Å²) in [4.78, 5) is 10.7. The van der Waals surface area contributed by atoms with Crippen molar-refractivity contribution in [3.05, 3.63) is 39.4 Å². The van der Waals surface area contributed by atoms with Gasteiger partial charge >= 0.3 is 0 Å². The van der Waals surface area contributed by atoms with Gasteiger partial charge < -0.3 is 5.73 Å². The topological polar surface area (TPSA) is 87.0 Å². The third kappa shape index (κ3) is 2.36. The smallest absolute Gasteiger partial charge is 0.272 e. The maximum atomic E-state index is 11.0. The standard InChI is InChI=1S/C14H18N4O2/c1-4-5-11-13(16-17(3)14(11)15)10-7-6-9(2)12(8-10)18(19)20/h6-8H,4-5,15H2,1-3H3. The number of benzene rings is 1. The molecule has 0 saturated heterocycles. The molecule has 0 aliphatic heterocycles. The molecule has 2 rings (SSSR count). The van der Waals surface area contributed by atoms with Crippen molar-refractivity contribution in [2.24, 2.45) is 7.05 Å². The van der Waals surface area contributed by atoms with Gasteiger partial charge in [-0.25, -0.2) is 0 Å². The highest BCUT2D eigenvalue weighted by atomic mass is 16.6. The molecule has 0 spiro atoms. The summed E-state index contributed by atoms with van der Waals surface area (Å²) >= 11 is 0. The van der Waals surface area contributed by atoms with Gasteiger partial charge in [-0.3, -0.25) is 14.8 Å². The normalized spacial score (nSPS) is 10.8. The molecule has 106 valence electrons. The predicted octanol–water partition coefficient (Wildman–Crippen LogP) is 2.84. The van der Waals surface area contributed by atoms with Crippen LogP contribution in [0.25, 0.3) is 11.3 Å². The minimum atomic E-state index is -0.370. The molecule has 0 atom stereocenters. The molecule has 0 radical (unpaired) electrons. The summed E-state index contributed by atoms with van der Waals surface area (Å²) in [6.45, 7) is 3.79. The average Bonchev–Trinajstić information content (AvgIpc) is 2.68. The Bertz CT molecular complexity index is 661. The molecule has 0 aliphatic rings. The number of rotatable bonds is 4. The van der Waals surface area contributed by atoms with E-state index < -0.39 is 0 Å². The quantitative estimate of drug-likeness (QED) is 0.686. The van der Waals surface area contributed by atoms with Crippen molar-refractivity contribution in [1.82, 2.24) is 9.78 Å². The molecule has 0 fully saturated rings. The number of nitro groups is 1. The molecular weight excluding hydrogens is 256 g/mol. The Morgan fingerprint density at radius 3 is 2.75 bits per heavy atom. The molecule has 0 saturated carbocycles. The van der Waals surface area contributed by atoms with Gasteiger partial charge in [0.2, 0.25) is 0 Å². The van der Waals surface area contributed by atoms with Crippen LogP contribution in [-0.2, 0) is 13.5 Å². The third-order valence-electron chi connectivity index (χ3n) is 3.37. The van der Waals surface area contributed by atoms with Crippen molar-refractivity contribution in [3.63, 3.8) is 0 Å². The highest BCUT2D eigenvalue weighted by Crippen LogP contribution is 2.31. The van der Waals surface area contributed by atoms with Crippen LogP contribution in [0, 0.1) is 17.0 Å². The van der Waals surface area contributed by atoms with Gasteiger partial charge in [0, 0.05) is 29.8 Å². The lowest BCUT2D eigenvalue weighted by atomic mass is 10.0. The minimum Gasteiger partial charge on any atom is -0.384 e. The van der Waals surface area contributed by atoms with Crippen molar-refractivity contribution in [3.8, 4) is 11.3 Å². The van der Waals surface area contributed by atoms with Gasteiger partial charge in [0.15, 0.2) is 0 Å². The Labute approximate surface area is 117 Å². The first-order chi connectivity index (χ1) is 9.45. The lowest BCUT2D eigenvalue weighted by molar-refractivity contribution is -0.385. The molecule has 2 N–H and O–H groups in total. The van der Waals surface area contributed by atoms with Gasteiger partial charge in [0.05, 0.1) is 10.6 Å². The number of aromatic nitrogens is 2. The second kappa shape index (κ2) is 5.32. The summed E-state index contributed by atoms with van der Waals surface area (Å²) in [5, 5.41) is 15.4. The molecule has 6 nitrogen and oxygen atoms in total. The Morgan fingerprint density at radius 2 is 2.15 bits per heavy atom. The van der Waals surface area contributed by atoms with Crippen LogP contribution in [0.5, 0.6) is 0 Å². The zero-order valence-electron chi connectivity index (χ0n) is 11.9. The van der Waals surface area contributed by atoms with E-state index in [1.54, 1.807) is 30.8 Å². The Balaban J connectivity index is 2.59. The van der Waals surface area contributed by atoms with Crippen LogP contribution >= 0.6 is 0 Å². The fourth-order valence-corrected chi connectivity index (χ4v) is 2.26. The van der Waals surface area contributed by atoms with Crippen LogP contribution in [0.2, 0.25) is 0 Å². The number of aryl methyl sites for hydroxylation is 2. The molecule has 0 bridgehead atoms. The van der Waals surface area contributed by atoms with Crippen LogP contribution in [-0.4, -0.2) is 14.7 Å². The molecule has 2 aromatic rings. The van der Waals surface area contributed by atoms with E-state index in [0.717, 1.165) is 29.7 Å². The van der Waals surface area contributed by atoms with Gasteiger partial charge in [0.25, 0.3) is 5.69 Å². The van der Waals surface area contributed by atoms with Crippen LogP contribution in [0.3, 0.4) is 0 Å². The molecule has 0 amide bonds. The number of nitro benzene ring substituents is 1. The van der Waals surface area contributed by atoms with Gasteiger partial charge in [-0.15, -0.1) is 0 Å². The first-order valence-corrected chi connectivity index (χ1v) is 6.52. The number of nitrogens with two attached hydrogens (primary N) is 1. The summed E-state index contributed by atoms with van der Waals surface area (Å²) in [6, 6.07) is 5.16. The molecule has 20 heavy (non-hydrogen) atoms. The second-order valence-electron chi connectivity index (χ2n) is 4.84. The molecule has 0 aliphatic carbocycles. The highest BCUT2D eigenvalue weighted by Gasteiger charge is 2.18. The molecule has 1 aromatic heterocycles. The number of hydrogen-bond acceptors (Lipinski definition) is 4. The minimum absolute atomic E-state index is 0.106. The second-order valence-corrected chi connectivity index (χ2v) is 4.84. The van der Waals surface area contributed by atoms with Crippen LogP contribution in [0.1, 0.15) is 24.5 Å². The van der Waals surface area contributed by atoms with E-state index in [1.807, 2.05) is 6.07 Å². The van der Waals surface area contributed by atoms with Gasteiger partial charge in [-0.05, 0) is 13.3 Å². The zero-order chi connectivity index (χ0) is 14.9. The molecular formula is C14H18N4O2. The van der Waals surface area contributed by atoms with Crippen LogP contribution in [0.15, 0.2) is 18.2 Å². The molecule has 6 heteroatoms. The maximum Gasteiger partial charge on any atom is 0.272 e. The Kier molecular flexibility index (Phi) is 3.74. The van der Waals surface area contributed by atoms with E-state index >= 15 is 0 Å². The Morgan fingerprint density at radius 1 is 1.45 bits per heavy atom. The number of hydrogen-bond donors (Lipinski definition) is 1. The summed E-state index contributed by atoms with van der Waals surface area (Å²) in [6.07, 6.45) is 1.74. The SMILES string of the molecule is CCCc1c(-c2ccc(C)c([N+](=O)[O-])c2)nn(C)c1N. The predicted molar refractivity (Wildman–Crippen MR) is 78.4 cm³/mol. The highest BCUT2D eigenvalue weighted by molar-refractivity contribution is 5.71. The van der Waals surface area contributed by atoms with E-state index in [0.29, 0.717) is 11.4 Å². The van der Waals surface area contributed by atoms with Crippen molar-refractivity contribution in [2.75, 3.05) is 5.73 Å². The number of nitrogen functional groups attached to an aromatic ring is 1. The Hall–Kier alpha value is -2.37. The zero-order valence-corrected chi connectivity index (χ0v) is 11.9. The van der Waals surface area contributed by atoms with Gasteiger partial charge in [-0.2, -0.15) is 5.10 Å². The lowest BCUT2D eigenvalue weighted by Crippen LogP contribution is -1.99. The van der Waals surface area contributed by atoms with E-state index in [1.165, 1.54) is 0 Å². The summed E-state index contributed by atoms with van der Waals surface area (Å²) < 4.78 is 1.62. The number of anilines is 1. The van der Waals surface area contributed by atoms with Gasteiger partial charge in [-0.1, -0.05) is 25.5 Å². The first-order valence-electron chi connectivity index (χ1n) is 6.52. The largest absolute Gasteiger partial charge is 0.384 e. The van der Waals surface area contributed by atoms with Crippen molar-refractivity contribution in [1.29, 1.82) is 0 Å². The van der Waals surface area contributed by atoms with E-state index in [2.05, 4.69) is 12.0 Å². The fourth-order valence-electron chi connectivity index (χ4n) is 2.26. The first kappa shape index (κ1) is 14.0.